The van der Waals surface area contributed by atoms with Gasteiger partial charge in [-0.2, -0.15) is 0 Å². The molecule has 3 rings (SSSR count). The normalized spacial score (nSPS) is 10.6. The zero-order chi connectivity index (χ0) is 17.6. The first kappa shape index (κ1) is 16.8. The van der Waals surface area contributed by atoms with Crippen molar-refractivity contribution >= 4 is 5.91 Å². The number of hydrogen-bond donors (Lipinski definition) is 1. The first-order chi connectivity index (χ1) is 12.2. The maximum Gasteiger partial charge on any atom is 0.290 e. The summed E-state index contributed by atoms with van der Waals surface area (Å²) in [6, 6.07) is 7.49. The van der Waals surface area contributed by atoms with E-state index in [4.69, 9.17) is 0 Å². The van der Waals surface area contributed by atoms with E-state index >= 15 is 0 Å². The molecule has 0 saturated carbocycles. The van der Waals surface area contributed by atoms with Gasteiger partial charge in [0.2, 0.25) is 5.82 Å². The molecule has 25 heavy (non-hydrogen) atoms. The van der Waals surface area contributed by atoms with Crippen molar-refractivity contribution in [3.05, 3.63) is 54.2 Å². The number of pyridine rings is 2. The lowest BCUT2D eigenvalue weighted by Crippen LogP contribution is -2.25. The number of nitrogens with zero attached hydrogens (tertiary/aromatic N) is 5. The van der Waals surface area contributed by atoms with Gasteiger partial charge in [0.25, 0.3) is 5.91 Å². The van der Waals surface area contributed by atoms with Crippen LogP contribution in [0.3, 0.4) is 0 Å². The van der Waals surface area contributed by atoms with E-state index in [9.17, 15) is 4.79 Å². The molecule has 0 aromatic carbocycles. The summed E-state index contributed by atoms with van der Waals surface area (Å²) >= 11 is 0. The van der Waals surface area contributed by atoms with E-state index in [1.807, 2.05) is 31.2 Å². The lowest BCUT2D eigenvalue weighted by molar-refractivity contribution is 0.0943. The predicted octanol–water partition coefficient (Wildman–Crippen LogP) is 2.56. The maximum absolute atomic E-state index is 12.3. The number of amides is 1. The van der Waals surface area contributed by atoms with Gasteiger partial charge >= 0.3 is 0 Å². The third kappa shape index (κ3) is 3.88. The minimum atomic E-state index is -0.288. The lowest BCUT2D eigenvalue weighted by atomic mass is 10.2. The number of unbranched alkanes of at least 4 members (excludes halogenated alkanes) is 1. The van der Waals surface area contributed by atoms with Gasteiger partial charge in [-0.15, -0.1) is 5.10 Å². The fraction of sp³-hybridized carbons (Fsp3) is 0.278. The van der Waals surface area contributed by atoms with Crippen LogP contribution in [0.15, 0.2) is 42.9 Å². The number of hydrogen-bond acceptors (Lipinski definition) is 5. The summed E-state index contributed by atoms with van der Waals surface area (Å²) in [5.41, 5.74) is 2.42. The van der Waals surface area contributed by atoms with Crippen molar-refractivity contribution in [2.24, 2.45) is 0 Å². The SMILES string of the molecule is CCCCNC(=O)c1nc(-c2ccc(C)cn2)n(-c2cccnc2)n1. The number of nitrogens with one attached hydrogen (secondary N) is 1. The molecule has 0 aliphatic carbocycles. The highest BCUT2D eigenvalue weighted by atomic mass is 16.2. The van der Waals surface area contributed by atoms with Crippen molar-refractivity contribution in [2.75, 3.05) is 6.54 Å². The molecule has 0 atom stereocenters. The highest BCUT2D eigenvalue weighted by Crippen LogP contribution is 2.19. The molecule has 0 aliphatic heterocycles. The Morgan fingerprint density at radius 2 is 2.12 bits per heavy atom. The fourth-order valence-electron chi connectivity index (χ4n) is 2.29. The van der Waals surface area contributed by atoms with E-state index in [0.717, 1.165) is 24.1 Å². The van der Waals surface area contributed by atoms with Crippen LogP contribution in [0.4, 0.5) is 0 Å². The van der Waals surface area contributed by atoms with Crippen LogP contribution in [0, 0.1) is 6.92 Å². The van der Waals surface area contributed by atoms with Crippen molar-refractivity contribution in [1.82, 2.24) is 30.0 Å². The van der Waals surface area contributed by atoms with Gasteiger partial charge < -0.3 is 5.32 Å². The first-order valence-electron chi connectivity index (χ1n) is 8.27. The molecule has 7 heteroatoms. The third-order valence-corrected chi connectivity index (χ3v) is 3.66. The first-order valence-corrected chi connectivity index (χ1v) is 8.27. The van der Waals surface area contributed by atoms with Crippen LogP contribution in [0.2, 0.25) is 0 Å². The molecule has 0 aliphatic rings. The quantitative estimate of drug-likeness (QED) is 0.699. The Bertz CT molecular complexity index is 842. The molecule has 1 amide bonds. The molecule has 7 nitrogen and oxygen atoms in total. The summed E-state index contributed by atoms with van der Waals surface area (Å²) in [6.07, 6.45) is 7.05. The summed E-state index contributed by atoms with van der Waals surface area (Å²) in [6.45, 7) is 4.65. The van der Waals surface area contributed by atoms with E-state index in [1.165, 1.54) is 0 Å². The summed E-state index contributed by atoms with van der Waals surface area (Å²) < 4.78 is 1.60. The zero-order valence-electron chi connectivity index (χ0n) is 14.3. The van der Waals surface area contributed by atoms with Gasteiger partial charge in [-0.1, -0.05) is 19.4 Å². The van der Waals surface area contributed by atoms with Gasteiger partial charge in [-0.3, -0.25) is 14.8 Å². The van der Waals surface area contributed by atoms with Crippen LogP contribution in [0.1, 0.15) is 35.9 Å². The van der Waals surface area contributed by atoms with Crippen LogP contribution >= 0.6 is 0 Å². The summed E-state index contributed by atoms with van der Waals surface area (Å²) in [5.74, 6) is 0.343. The molecule has 0 radical (unpaired) electrons. The summed E-state index contributed by atoms with van der Waals surface area (Å²) in [5, 5.41) is 7.21. The molecule has 0 spiro atoms. The molecule has 0 fully saturated rings. The summed E-state index contributed by atoms with van der Waals surface area (Å²) in [7, 11) is 0. The topological polar surface area (TPSA) is 85.6 Å². The predicted molar refractivity (Wildman–Crippen MR) is 94.4 cm³/mol. The Morgan fingerprint density at radius 1 is 1.24 bits per heavy atom. The van der Waals surface area contributed by atoms with Crippen LogP contribution in [-0.4, -0.2) is 37.2 Å². The minimum Gasteiger partial charge on any atom is -0.349 e. The third-order valence-electron chi connectivity index (χ3n) is 3.66. The Kier molecular flexibility index (Phi) is 5.13. The Balaban J connectivity index is 2.00. The molecular formula is C18H20N6O. The van der Waals surface area contributed by atoms with E-state index in [1.54, 1.807) is 23.3 Å². The molecule has 3 heterocycles. The van der Waals surface area contributed by atoms with Crippen molar-refractivity contribution < 1.29 is 4.79 Å². The molecule has 1 N–H and O–H groups in total. The summed E-state index contributed by atoms with van der Waals surface area (Å²) in [4.78, 5) is 25.3. The van der Waals surface area contributed by atoms with Gasteiger partial charge in [0.15, 0.2) is 5.82 Å². The average Bonchev–Trinajstić information content (AvgIpc) is 3.09. The number of aryl methyl sites for hydroxylation is 1. The molecule has 128 valence electrons. The van der Waals surface area contributed by atoms with E-state index in [0.29, 0.717) is 18.1 Å². The molecular weight excluding hydrogens is 316 g/mol. The highest BCUT2D eigenvalue weighted by Gasteiger charge is 2.19. The van der Waals surface area contributed by atoms with E-state index in [-0.39, 0.29) is 11.7 Å². The fourth-order valence-corrected chi connectivity index (χ4v) is 2.29. The molecule has 3 aromatic heterocycles. The second-order valence-electron chi connectivity index (χ2n) is 5.71. The molecule has 0 bridgehead atoms. The van der Waals surface area contributed by atoms with Crippen LogP contribution in [0.25, 0.3) is 17.2 Å². The minimum absolute atomic E-state index is 0.123. The zero-order valence-corrected chi connectivity index (χ0v) is 14.3. The number of aromatic nitrogens is 5. The van der Waals surface area contributed by atoms with Gasteiger partial charge in [0.1, 0.15) is 5.69 Å². The second-order valence-corrected chi connectivity index (χ2v) is 5.71. The number of carbonyl (C=O) groups excluding carboxylic acids is 1. The molecule has 0 saturated heterocycles. The smallest absolute Gasteiger partial charge is 0.290 e. The monoisotopic (exact) mass is 336 g/mol. The van der Waals surface area contributed by atoms with E-state index in [2.05, 4.69) is 32.3 Å². The van der Waals surface area contributed by atoms with Crippen molar-refractivity contribution in [3.63, 3.8) is 0 Å². The second kappa shape index (κ2) is 7.65. The molecule has 0 unspecified atom stereocenters. The van der Waals surface area contributed by atoms with Crippen molar-refractivity contribution in [1.29, 1.82) is 0 Å². The average molecular weight is 336 g/mol. The largest absolute Gasteiger partial charge is 0.349 e. The van der Waals surface area contributed by atoms with Gasteiger partial charge in [-0.25, -0.2) is 9.67 Å². The standard InChI is InChI=1S/C18H20N6O/c1-3-4-10-20-18(25)16-22-17(15-8-7-13(2)11-21-15)24(23-16)14-6-5-9-19-12-14/h5-9,11-12H,3-4,10H2,1-2H3,(H,20,25). The van der Waals surface area contributed by atoms with Crippen LogP contribution in [-0.2, 0) is 0 Å². The van der Waals surface area contributed by atoms with Gasteiger partial charge in [0.05, 0.1) is 11.9 Å². The maximum atomic E-state index is 12.3. The Morgan fingerprint density at radius 3 is 2.80 bits per heavy atom. The van der Waals surface area contributed by atoms with E-state index < -0.39 is 0 Å². The number of rotatable bonds is 6. The lowest BCUT2D eigenvalue weighted by Gasteiger charge is -2.04. The Labute approximate surface area is 146 Å². The van der Waals surface area contributed by atoms with Crippen LogP contribution in [0.5, 0.6) is 0 Å². The van der Waals surface area contributed by atoms with Gasteiger partial charge in [-0.05, 0) is 37.1 Å². The van der Waals surface area contributed by atoms with Crippen molar-refractivity contribution in [2.45, 2.75) is 26.7 Å². The van der Waals surface area contributed by atoms with Crippen molar-refractivity contribution in [3.8, 4) is 17.2 Å². The van der Waals surface area contributed by atoms with Gasteiger partial charge in [0, 0.05) is 18.9 Å². The molecule has 3 aromatic rings. The van der Waals surface area contributed by atoms with Crippen LogP contribution < -0.4 is 5.32 Å². The number of carbonyl (C=O) groups is 1. The Hall–Kier alpha value is -3.09. The highest BCUT2D eigenvalue weighted by molar-refractivity contribution is 5.90.